The summed E-state index contributed by atoms with van der Waals surface area (Å²) >= 11 is 0. The van der Waals surface area contributed by atoms with Crippen LogP contribution in [-0.4, -0.2) is 6.04 Å². The lowest BCUT2D eigenvalue weighted by molar-refractivity contribution is 0.619. The molecule has 16 heavy (non-hydrogen) atoms. The Hall–Kier alpha value is -0.980. The molecule has 1 saturated carbocycles. The van der Waals surface area contributed by atoms with E-state index in [0.29, 0.717) is 6.04 Å². The Bertz CT molecular complexity index is 311. The third-order valence-electron chi connectivity index (χ3n) is 3.61. The maximum absolute atomic E-state index is 3.74. The van der Waals surface area contributed by atoms with Gasteiger partial charge < -0.3 is 5.32 Å². The van der Waals surface area contributed by atoms with Crippen LogP contribution in [0, 0.1) is 0 Å². The molecule has 0 aliphatic heterocycles. The zero-order valence-electron chi connectivity index (χ0n) is 10.3. The molecular weight excluding hydrogens is 194 g/mol. The van der Waals surface area contributed by atoms with Crippen molar-refractivity contribution < 1.29 is 0 Å². The molecule has 0 atom stereocenters. The van der Waals surface area contributed by atoms with Gasteiger partial charge in [0.15, 0.2) is 0 Å². The lowest BCUT2D eigenvalue weighted by Gasteiger charge is -2.19. The van der Waals surface area contributed by atoms with Crippen LogP contribution in [0.15, 0.2) is 24.3 Å². The molecule has 2 rings (SSSR count). The largest absolute Gasteiger partial charge is 0.382 e. The molecular formula is C15H23N. The minimum absolute atomic E-state index is 0.704. The van der Waals surface area contributed by atoms with Crippen LogP contribution in [0.4, 0.5) is 5.69 Å². The van der Waals surface area contributed by atoms with E-state index in [1.807, 2.05) is 0 Å². The zero-order chi connectivity index (χ0) is 11.2. The first-order chi connectivity index (χ1) is 7.90. The van der Waals surface area contributed by atoms with Gasteiger partial charge in [-0.25, -0.2) is 0 Å². The number of rotatable bonds is 3. The van der Waals surface area contributed by atoms with Gasteiger partial charge in [0.25, 0.3) is 0 Å². The third kappa shape index (κ3) is 3.01. The first-order valence-corrected chi connectivity index (χ1v) is 6.74. The van der Waals surface area contributed by atoms with E-state index >= 15 is 0 Å². The van der Waals surface area contributed by atoms with Crippen LogP contribution < -0.4 is 5.32 Å². The SMILES string of the molecule is CCc1ccccc1NC1CCCCCC1. The van der Waals surface area contributed by atoms with E-state index in [0.717, 1.165) is 6.42 Å². The lowest BCUT2D eigenvalue weighted by Crippen LogP contribution is -2.19. The lowest BCUT2D eigenvalue weighted by atomic mass is 10.1. The minimum Gasteiger partial charge on any atom is -0.382 e. The normalized spacial score (nSPS) is 18.1. The molecule has 88 valence electrons. The molecule has 0 bridgehead atoms. The van der Waals surface area contributed by atoms with Crippen molar-refractivity contribution in [1.29, 1.82) is 0 Å². The highest BCUT2D eigenvalue weighted by Gasteiger charge is 2.12. The summed E-state index contributed by atoms with van der Waals surface area (Å²) in [5.74, 6) is 0. The standard InChI is InChI=1S/C15H23N/c1-2-13-9-7-8-12-15(13)16-14-10-5-3-4-6-11-14/h7-9,12,14,16H,2-6,10-11H2,1H3. The molecule has 0 saturated heterocycles. The van der Waals surface area contributed by atoms with Crippen molar-refractivity contribution in [3.8, 4) is 0 Å². The summed E-state index contributed by atoms with van der Waals surface area (Å²) < 4.78 is 0. The van der Waals surface area contributed by atoms with Crippen LogP contribution in [0.25, 0.3) is 0 Å². The number of benzene rings is 1. The average molecular weight is 217 g/mol. The Morgan fingerprint density at radius 1 is 1.06 bits per heavy atom. The summed E-state index contributed by atoms with van der Waals surface area (Å²) in [6, 6.07) is 9.44. The molecule has 1 heteroatoms. The number of hydrogen-bond acceptors (Lipinski definition) is 1. The van der Waals surface area contributed by atoms with Crippen molar-refractivity contribution in [2.75, 3.05) is 5.32 Å². The van der Waals surface area contributed by atoms with Crippen molar-refractivity contribution in [2.24, 2.45) is 0 Å². The average Bonchev–Trinajstić information content (AvgIpc) is 2.58. The molecule has 1 nitrogen and oxygen atoms in total. The number of hydrogen-bond donors (Lipinski definition) is 1. The van der Waals surface area contributed by atoms with Crippen molar-refractivity contribution in [1.82, 2.24) is 0 Å². The van der Waals surface area contributed by atoms with Crippen molar-refractivity contribution in [3.63, 3.8) is 0 Å². The fraction of sp³-hybridized carbons (Fsp3) is 0.600. The summed E-state index contributed by atoms with van der Waals surface area (Å²) in [5, 5.41) is 3.74. The Labute approximate surface area is 99.3 Å². The Kier molecular flexibility index (Phi) is 4.26. The van der Waals surface area contributed by atoms with Gasteiger partial charge in [-0.3, -0.25) is 0 Å². The molecule has 0 spiro atoms. The van der Waals surface area contributed by atoms with Crippen LogP contribution in [0.1, 0.15) is 51.0 Å². The maximum Gasteiger partial charge on any atom is 0.0374 e. The van der Waals surface area contributed by atoms with Gasteiger partial charge in [0.1, 0.15) is 0 Å². The van der Waals surface area contributed by atoms with Crippen LogP contribution in [0.5, 0.6) is 0 Å². The Balaban J connectivity index is 2.01. The minimum atomic E-state index is 0.704. The maximum atomic E-state index is 3.74. The van der Waals surface area contributed by atoms with E-state index in [2.05, 4.69) is 36.5 Å². The second-order valence-electron chi connectivity index (χ2n) is 4.84. The first kappa shape index (κ1) is 11.5. The molecule has 1 aliphatic carbocycles. The zero-order valence-corrected chi connectivity index (χ0v) is 10.3. The van der Waals surface area contributed by atoms with Crippen LogP contribution in [0.3, 0.4) is 0 Å². The number of aryl methyl sites for hydroxylation is 1. The van der Waals surface area contributed by atoms with Gasteiger partial charge in [-0.1, -0.05) is 50.8 Å². The molecule has 0 amide bonds. The van der Waals surface area contributed by atoms with Crippen molar-refractivity contribution >= 4 is 5.69 Å². The van der Waals surface area contributed by atoms with E-state index in [4.69, 9.17) is 0 Å². The Morgan fingerprint density at radius 2 is 1.75 bits per heavy atom. The van der Waals surface area contributed by atoms with Crippen LogP contribution >= 0.6 is 0 Å². The van der Waals surface area contributed by atoms with Gasteiger partial charge in [-0.05, 0) is 30.9 Å². The summed E-state index contributed by atoms with van der Waals surface area (Å²) in [6.07, 6.45) is 9.45. The highest BCUT2D eigenvalue weighted by atomic mass is 14.9. The third-order valence-corrected chi connectivity index (χ3v) is 3.61. The molecule has 1 fully saturated rings. The van der Waals surface area contributed by atoms with Gasteiger partial charge >= 0.3 is 0 Å². The van der Waals surface area contributed by atoms with Gasteiger partial charge in [0, 0.05) is 11.7 Å². The van der Waals surface area contributed by atoms with Crippen molar-refractivity contribution in [2.45, 2.75) is 57.9 Å². The molecule has 0 radical (unpaired) electrons. The highest BCUT2D eigenvalue weighted by molar-refractivity contribution is 5.51. The van der Waals surface area contributed by atoms with Gasteiger partial charge in [0.2, 0.25) is 0 Å². The molecule has 0 heterocycles. The van der Waals surface area contributed by atoms with E-state index in [1.165, 1.54) is 49.8 Å². The molecule has 1 aromatic carbocycles. The fourth-order valence-corrected chi connectivity index (χ4v) is 2.61. The van der Waals surface area contributed by atoms with E-state index in [-0.39, 0.29) is 0 Å². The highest BCUT2D eigenvalue weighted by Crippen LogP contribution is 2.23. The second-order valence-corrected chi connectivity index (χ2v) is 4.84. The summed E-state index contributed by atoms with van der Waals surface area (Å²) in [4.78, 5) is 0. The summed E-state index contributed by atoms with van der Waals surface area (Å²) in [5.41, 5.74) is 2.81. The van der Waals surface area contributed by atoms with Crippen LogP contribution in [-0.2, 0) is 6.42 Å². The van der Waals surface area contributed by atoms with Gasteiger partial charge in [-0.2, -0.15) is 0 Å². The molecule has 1 N–H and O–H groups in total. The summed E-state index contributed by atoms with van der Waals surface area (Å²) in [7, 11) is 0. The van der Waals surface area contributed by atoms with E-state index < -0.39 is 0 Å². The van der Waals surface area contributed by atoms with E-state index in [1.54, 1.807) is 0 Å². The van der Waals surface area contributed by atoms with Crippen molar-refractivity contribution in [3.05, 3.63) is 29.8 Å². The molecule has 0 unspecified atom stereocenters. The quantitative estimate of drug-likeness (QED) is 0.741. The monoisotopic (exact) mass is 217 g/mol. The smallest absolute Gasteiger partial charge is 0.0374 e. The number of para-hydroxylation sites is 1. The topological polar surface area (TPSA) is 12.0 Å². The predicted octanol–water partition coefficient (Wildman–Crippen LogP) is 4.38. The first-order valence-electron chi connectivity index (χ1n) is 6.74. The molecule has 0 aromatic heterocycles. The van der Waals surface area contributed by atoms with Gasteiger partial charge in [-0.15, -0.1) is 0 Å². The number of nitrogens with one attached hydrogen (secondary N) is 1. The predicted molar refractivity (Wildman–Crippen MR) is 70.9 cm³/mol. The van der Waals surface area contributed by atoms with Crippen LogP contribution in [0.2, 0.25) is 0 Å². The molecule has 1 aromatic rings. The fourth-order valence-electron chi connectivity index (χ4n) is 2.61. The summed E-state index contributed by atoms with van der Waals surface area (Å²) in [6.45, 7) is 2.23. The van der Waals surface area contributed by atoms with Gasteiger partial charge in [0.05, 0.1) is 0 Å². The van der Waals surface area contributed by atoms with E-state index in [9.17, 15) is 0 Å². The molecule has 1 aliphatic rings. The Morgan fingerprint density at radius 3 is 2.44 bits per heavy atom. The number of anilines is 1. The second kappa shape index (κ2) is 5.93.